The number of halogens is 2. The van der Waals surface area contributed by atoms with Crippen LogP contribution >= 0.6 is 56.5 Å². The number of rotatable bonds is 0. The van der Waals surface area contributed by atoms with Crippen molar-refractivity contribution in [3.63, 3.8) is 0 Å². The number of benzene rings is 1. The lowest BCUT2D eigenvalue weighted by Gasteiger charge is -1.97. The second-order valence-corrected chi connectivity index (χ2v) is 5.49. The van der Waals surface area contributed by atoms with Gasteiger partial charge in [0.15, 0.2) is 0 Å². The van der Waals surface area contributed by atoms with Crippen LogP contribution in [0, 0.1) is 7.14 Å². The van der Waals surface area contributed by atoms with E-state index in [1.54, 1.807) is 11.3 Å². The van der Waals surface area contributed by atoms with Crippen LogP contribution in [0.3, 0.4) is 0 Å². The van der Waals surface area contributed by atoms with Crippen LogP contribution in [0.4, 0.5) is 5.69 Å². The number of nitrogens with two attached hydrogens (primary N) is 1. The Bertz CT molecular complexity index is 336. The van der Waals surface area contributed by atoms with Gasteiger partial charge in [-0.1, -0.05) is 18.2 Å². The summed E-state index contributed by atoms with van der Waals surface area (Å²) >= 11 is 6.21. The average molecular weight is 429 g/mol. The summed E-state index contributed by atoms with van der Waals surface area (Å²) in [7, 11) is 0. The Labute approximate surface area is 115 Å². The van der Waals surface area contributed by atoms with E-state index in [-0.39, 0.29) is 0 Å². The minimum absolute atomic E-state index is 0.863. The lowest BCUT2D eigenvalue weighted by atomic mass is 10.3. The van der Waals surface area contributed by atoms with Crippen molar-refractivity contribution in [2.24, 2.45) is 0 Å². The largest absolute Gasteiger partial charge is 0.398 e. The number of hydrogen-bond donors (Lipinski definition) is 1. The summed E-state index contributed by atoms with van der Waals surface area (Å²) in [4.78, 5) is 0. The van der Waals surface area contributed by atoms with Gasteiger partial charge >= 0.3 is 0 Å². The van der Waals surface area contributed by atoms with E-state index in [9.17, 15) is 0 Å². The lowest BCUT2D eigenvalue weighted by Crippen LogP contribution is -1.89. The first-order valence-electron chi connectivity index (χ1n) is 3.88. The molecule has 0 amide bonds. The van der Waals surface area contributed by atoms with Crippen molar-refractivity contribution in [2.75, 3.05) is 5.73 Å². The Kier molecular flexibility index (Phi) is 5.80. The molecule has 4 heteroatoms. The Morgan fingerprint density at radius 3 is 2.00 bits per heavy atom. The molecular weight excluding hydrogens is 420 g/mol. The highest BCUT2D eigenvalue weighted by Gasteiger charge is 1.96. The van der Waals surface area contributed by atoms with E-state index in [1.807, 2.05) is 41.1 Å². The van der Waals surface area contributed by atoms with Crippen LogP contribution < -0.4 is 5.73 Å². The first-order valence-corrected chi connectivity index (χ1v) is 6.98. The third kappa shape index (κ3) is 4.14. The molecule has 1 aromatic heterocycles. The van der Waals surface area contributed by atoms with Crippen LogP contribution in [0.2, 0.25) is 0 Å². The predicted molar refractivity (Wildman–Crippen MR) is 80.6 cm³/mol. The van der Waals surface area contributed by atoms with E-state index in [1.165, 1.54) is 3.57 Å². The van der Waals surface area contributed by atoms with Crippen LogP contribution in [0.15, 0.2) is 41.1 Å². The monoisotopic (exact) mass is 429 g/mol. The highest BCUT2D eigenvalue weighted by molar-refractivity contribution is 14.1. The second kappa shape index (κ2) is 6.62. The van der Waals surface area contributed by atoms with E-state index in [2.05, 4.69) is 45.2 Å². The molecule has 0 aliphatic rings. The van der Waals surface area contributed by atoms with Crippen molar-refractivity contribution in [3.8, 4) is 0 Å². The molecule has 14 heavy (non-hydrogen) atoms. The van der Waals surface area contributed by atoms with Gasteiger partial charge in [-0.15, -0.1) is 0 Å². The summed E-state index contributed by atoms with van der Waals surface area (Å²) in [6.45, 7) is 0. The number of thiophene rings is 1. The van der Waals surface area contributed by atoms with Gasteiger partial charge in [0, 0.05) is 12.8 Å². The van der Waals surface area contributed by atoms with E-state index >= 15 is 0 Å². The fraction of sp³-hybridized carbons (Fsp3) is 0. The molecular formula is C10H9I2NS. The molecule has 0 radical (unpaired) electrons. The molecule has 0 fully saturated rings. The van der Waals surface area contributed by atoms with Gasteiger partial charge in [0.05, 0.1) is 0 Å². The Morgan fingerprint density at radius 2 is 1.64 bits per heavy atom. The number of hydrogen-bond acceptors (Lipinski definition) is 2. The zero-order chi connectivity index (χ0) is 10.4. The standard InChI is InChI=1S/C6H5I2N.C4H4S/c7-4-2-1-3-5(9)6(4)8;1-2-4-5-3-1/h1-3H,9H2;1-4H. The lowest BCUT2D eigenvalue weighted by molar-refractivity contribution is 1.57. The molecule has 0 spiro atoms. The third-order valence-corrected chi connectivity index (χ3v) is 5.17. The molecule has 1 aromatic carbocycles. The third-order valence-electron chi connectivity index (χ3n) is 1.41. The molecule has 0 unspecified atom stereocenters. The topological polar surface area (TPSA) is 26.0 Å². The normalized spacial score (nSPS) is 9.00. The molecule has 0 aliphatic carbocycles. The SMILES string of the molecule is Nc1cccc(I)c1I.c1ccsc1. The van der Waals surface area contributed by atoms with E-state index < -0.39 is 0 Å². The Hall–Kier alpha value is 0.180. The summed E-state index contributed by atoms with van der Waals surface area (Å²) in [6.07, 6.45) is 0. The zero-order valence-corrected chi connectivity index (χ0v) is 12.4. The average Bonchev–Trinajstić information content (AvgIpc) is 2.72. The molecule has 1 heterocycles. The maximum atomic E-state index is 5.61. The molecule has 0 aliphatic heterocycles. The molecule has 2 rings (SSSR count). The van der Waals surface area contributed by atoms with Gasteiger partial charge < -0.3 is 5.73 Å². The summed E-state index contributed by atoms with van der Waals surface area (Å²) in [5, 5.41) is 4.08. The highest BCUT2D eigenvalue weighted by Crippen LogP contribution is 2.20. The van der Waals surface area contributed by atoms with Crippen molar-refractivity contribution in [1.29, 1.82) is 0 Å². The van der Waals surface area contributed by atoms with Crippen molar-refractivity contribution >= 4 is 62.2 Å². The van der Waals surface area contributed by atoms with E-state index in [0.29, 0.717) is 0 Å². The minimum Gasteiger partial charge on any atom is -0.398 e. The van der Waals surface area contributed by atoms with Crippen LogP contribution in [0.1, 0.15) is 0 Å². The molecule has 74 valence electrons. The summed E-state index contributed by atoms with van der Waals surface area (Å²) in [5.41, 5.74) is 6.47. The molecule has 0 saturated heterocycles. The number of anilines is 1. The van der Waals surface area contributed by atoms with Crippen molar-refractivity contribution in [2.45, 2.75) is 0 Å². The first-order chi connectivity index (χ1) is 6.72. The fourth-order valence-corrected chi connectivity index (χ4v) is 2.08. The van der Waals surface area contributed by atoms with Crippen LogP contribution in [-0.2, 0) is 0 Å². The molecule has 1 nitrogen and oxygen atoms in total. The maximum absolute atomic E-state index is 5.61. The van der Waals surface area contributed by atoms with E-state index in [4.69, 9.17) is 5.73 Å². The van der Waals surface area contributed by atoms with Gasteiger partial charge in [-0.3, -0.25) is 0 Å². The van der Waals surface area contributed by atoms with Crippen molar-refractivity contribution < 1.29 is 0 Å². The molecule has 0 saturated carbocycles. The molecule has 2 N–H and O–H groups in total. The van der Waals surface area contributed by atoms with Crippen molar-refractivity contribution in [3.05, 3.63) is 48.2 Å². The van der Waals surface area contributed by atoms with Crippen LogP contribution in [-0.4, -0.2) is 0 Å². The van der Waals surface area contributed by atoms with Crippen molar-refractivity contribution in [1.82, 2.24) is 0 Å². The van der Waals surface area contributed by atoms with Crippen LogP contribution in [0.25, 0.3) is 0 Å². The number of nitrogen functional groups attached to an aromatic ring is 1. The highest BCUT2D eigenvalue weighted by atomic mass is 127. The molecule has 2 aromatic rings. The smallest absolute Gasteiger partial charge is 0.0493 e. The summed E-state index contributed by atoms with van der Waals surface area (Å²) < 4.78 is 2.36. The molecule has 0 bridgehead atoms. The minimum atomic E-state index is 0.863. The predicted octanol–water partition coefficient (Wildman–Crippen LogP) is 4.23. The second-order valence-electron chi connectivity index (χ2n) is 2.44. The van der Waals surface area contributed by atoms with Gasteiger partial charge in [-0.2, -0.15) is 11.3 Å². The van der Waals surface area contributed by atoms with Gasteiger partial charge in [-0.05, 0) is 68.1 Å². The van der Waals surface area contributed by atoms with E-state index in [0.717, 1.165) is 9.26 Å². The van der Waals surface area contributed by atoms with Gasteiger partial charge in [0.2, 0.25) is 0 Å². The van der Waals surface area contributed by atoms with Gasteiger partial charge in [0.25, 0.3) is 0 Å². The summed E-state index contributed by atoms with van der Waals surface area (Å²) in [6, 6.07) is 9.94. The quantitative estimate of drug-likeness (QED) is 0.493. The van der Waals surface area contributed by atoms with Gasteiger partial charge in [0.1, 0.15) is 0 Å². The Morgan fingerprint density at radius 1 is 1.00 bits per heavy atom. The van der Waals surface area contributed by atoms with Gasteiger partial charge in [-0.25, -0.2) is 0 Å². The summed E-state index contributed by atoms with van der Waals surface area (Å²) in [5.74, 6) is 0. The zero-order valence-electron chi connectivity index (χ0n) is 7.28. The Balaban J connectivity index is 0.000000165. The maximum Gasteiger partial charge on any atom is 0.0493 e. The van der Waals surface area contributed by atoms with Crippen LogP contribution in [0.5, 0.6) is 0 Å². The fourth-order valence-electron chi connectivity index (χ4n) is 0.747. The molecule has 0 atom stereocenters. The first kappa shape index (κ1) is 12.3.